The molecule has 7 aliphatic rings. The molecule has 0 aromatic heterocycles. The van der Waals surface area contributed by atoms with Crippen LogP contribution in [0.4, 0.5) is 0 Å². The Morgan fingerprint density at radius 2 is 0.468 bits per heavy atom. The Hall–Kier alpha value is -1.20. The van der Waals surface area contributed by atoms with Gasteiger partial charge in [-0.3, -0.25) is 154 Å². The molecule has 0 radical (unpaired) electrons. The number of ether oxygens (including phenoxy) is 1. The molecule has 360 valence electrons. The Morgan fingerprint density at radius 3 is 0.629 bits per heavy atom. The van der Waals surface area contributed by atoms with Gasteiger partial charge < -0.3 is 4.74 Å². The van der Waals surface area contributed by atoms with Gasteiger partial charge in [0.15, 0.2) is 6.35 Å². The van der Waals surface area contributed by atoms with E-state index in [4.69, 9.17) is 4.74 Å². The number of hydrogen-bond donors (Lipinski definition) is 29. The summed E-state index contributed by atoms with van der Waals surface area (Å²) >= 11 is 0. The maximum Gasteiger partial charge on any atom is 0.168 e. The summed E-state index contributed by atoms with van der Waals surface area (Å²) in [5.41, 5.74) is 0. The second-order valence-electron chi connectivity index (χ2n) is 15.9. The Morgan fingerprint density at radius 1 is 0.290 bits per heavy atom. The van der Waals surface area contributed by atoms with Crippen molar-refractivity contribution in [1.82, 2.24) is 154 Å². The first-order valence-electron chi connectivity index (χ1n) is 22.8. The SMILES string of the molecule is CCNC1NC2NC(N1)NC1NC(NCC)NC(N1)NC1NC(NCC)NC(N1)NC1NC(NC3NC(NCC)NC(NC4NC(NCC)NC(N2)N4)N3)NC(OC(C)CC)N1. The first kappa shape index (κ1) is 48.7. The van der Waals surface area contributed by atoms with Crippen LogP contribution in [-0.2, 0) is 4.74 Å². The lowest BCUT2D eigenvalue weighted by Crippen LogP contribution is -2.87. The molecule has 7 heterocycles. The number of fused-ring (bicyclic) bond motifs is 12. The van der Waals surface area contributed by atoms with Crippen molar-refractivity contribution in [2.45, 2.75) is 174 Å². The molecule has 0 aromatic carbocycles. The van der Waals surface area contributed by atoms with Crippen molar-refractivity contribution in [3.63, 3.8) is 0 Å². The normalized spacial score (nSPS) is 44.2. The van der Waals surface area contributed by atoms with Crippen LogP contribution in [-0.4, -0.2) is 152 Å². The van der Waals surface area contributed by atoms with Crippen LogP contribution in [0.15, 0.2) is 0 Å². The van der Waals surface area contributed by atoms with Crippen LogP contribution >= 0.6 is 0 Å². The van der Waals surface area contributed by atoms with Crippen molar-refractivity contribution >= 4 is 0 Å². The van der Waals surface area contributed by atoms with Gasteiger partial charge in [-0.25, -0.2) is 0 Å². The van der Waals surface area contributed by atoms with Crippen molar-refractivity contribution in [2.75, 3.05) is 32.7 Å². The fourth-order valence-electron chi connectivity index (χ4n) is 8.01. The first-order chi connectivity index (χ1) is 30.2. The highest BCUT2D eigenvalue weighted by Crippen LogP contribution is 2.05. The molecular formula is C32H81N29O. The van der Waals surface area contributed by atoms with E-state index in [1.807, 2.05) is 0 Å². The van der Waals surface area contributed by atoms with E-state index in [0.29, 0.717) is 0 Å². The smallest absolute Gasteiger partial charge is 0.168 e. The Balaban J connectivity index is 1.15. The predicted octanol–water partition coefficient (Wildman–Crippen LogP) is -11.8. The molecule has 0 spiro atoms. The minimum Gasteiger partial charge on any atom is -0.347 e. The Bertz CT molecular complexity index is 1200. The monoisotopic (exact) mass is 888 g/mol. The van der Waals surface area contributed by atoms with Crippen LogP contribution in [0.25, 0.3) is 0 Å². The molecular weight excluding hydrogens is 807 g/mol. The summed E-state index contributed by atoms with van der Waals surface area (Å²) in [5, 5.41) is 105. The van der Waals surface area contributed by atoms with Crippen molar-refractivity contribution in [2.24, 2.45) is 0 Å². The zero-order valence-corrected chi connectivity index (χ0v) is 37.1. The summed E-state index contributed by atoms with van der Waals surface area (Å²) in [5.74, 6) is 0. The fraction of sp³-hybridized carbons (Fsp3) is 1.00. The van der Waals surface area contributed by atoms with Gasteiger partial charge in [-0.05, 0) is 46.1 Å². The third kappa shape index (κ3) is 14.6. The van der Waals surface area contributed by atoms with E-state index in [1.54, 1.807) is 0 Å². The summed E-state index contributed by atoms with van der Waals surface area (Å²) in [4.78, 5) is 0. The summed E-state index contributed by atoms with van der Waals surface area (Å²) in [6.07, 6.45) is -4.99. The van der Waals surface area contributed by atoms with Gasteiger partial charge in [0.2, 0.25) is 0 Å². The molecule has 0 amide bonds. The van der Waals surface area contributed by atoms with Crippen molar-refractivity contribution in [3.05, 3.63) is 0 Å². The molecule has 0 aliphatic carbocycles. The van der Waals surface area contributed by atoms with Crippen LogP contribution in [0.3, 0.4) is 0 Å². The summed E-state index contributed by atoms with van der Waals surface area (Å²) in [6, 6.07) is 0. The fourth-order valence-corrected chi connectivity index (χ4v) is 8.01. The highest BCUT2D eigenvalue weighted by Gasteiger charge is 2.39. The Labute approximate surface area is 365 Å². The van der Waals surface area contributed by atoms with E-state index in [1.165, 1.54) is 0 Å². The molecule has 0 aromatic rings. The lowest BCUT2D eigenvalue weighted by atomic mass is 10.3. The molecule has 62 heavy (non-hydrogen) atoms. The van der Waals surface area contributed by atoms with Crippen LogP contribution in [0.1, 0.15) is 54.9 Å². The molecule has 7 fully saturated rings. The Kier molecular flexibility index (Phi) is 19.3. The molecule has 30 heteroatoms. The van der Waals surface area contributed by atoms with E-state index in [2.05, 4.69) is 203 Å². The van der Waals surface area contributed by atoms with Crippen LogP contribution in [0.2, 0.25) is 0 Å². The van der Waals surface area contributed by atoms with Gasteiger partial charge in [-0.15, -0.1) is 0 Å². The van der Waals surface area contributed by atoms with Gasteiger partial charge in [0.1, 0.15) is 107 Å². The highest BCUT2D eigenvalue weighted by atomic mass is 16.5. The van der Waals surface area contributed by atoms with Gasteiger partial charge in [-0.2, -0.15) is 0 Å². The maximum absolute atomic E-state index is 6.42. The molecule has 0 saturated carbocycles. The topological polar surface area (TPSA) is 358 Å². The van der Waals surface area contributed by atoms with Gasteiger partial charge >= 0.3 is 0 Å². The van der Waals surface area contributed by atoms with E-state index in [0.717, 1.165) is 39.1 Å². The van der Waals surface area contributed by atoms with Crippen molar-refractivity contribution in [1.29, 1.82) is 0 Å². The second kappa shape index (κ2) is 24.5. The lowest BCUT2D eigenvalue weighted by molar-refractivity contribution is -0.0889. The van der Waals surface area contributed by atoms with Crippen LogP contribution in [0.5, 0.6) is 0 Å². The molecule has 12 bridgehead atoms. The minimum absolute atomic E-state index is 0.0171. The molecule has 29 N–H and O–H groups in total. The number of nitrogens with one attached hydrogen (secondary N) is 29. The minimum atomic E-state index is -0.475. The zero-order valence-electron chi connectivity index (χ0n) is 37.1. The summed E-state index contributed by atoms with van der Waals surface area (Å²) in [7, 11) is 0. The van der Waals surface area contributed by atoms with Gasteiger partial charge in [-0.1, -0.05) is 41.5 Å². The van der Waals surface area contributed by atoms with E-state index in [-0.39, 0.29) is 100 Å². The summed E-state index contributed by atoms with van der Waals surface area (Å²) in [6.45, 7) is 18.4. The molecule has 7 aliphatic heterocycles. The quantitative estimate of drug-likeness (QED) is 0.0816. The van der Waals surface area contributed by atoms with E-state index < -0.39 is 18.9 Å². The summed E-state index contributed by atoms with van der Waals surface area (Å²) < 4.78 is 6.42. The standard InChI is InChI=1S/C32H81N29O/c1-8-14(7)62-32-60-30-57-28-46-18(36-12-5)44-26(55-28)53-24-42-16(34-10-3)40-22(51-24)49-20-38-15(33-9-2)39-21(48-20)50-23-41-17(35-11-4)43-25(52-23)54-27-45-19(37-13-6)47-29(56-27)58-31(59-30)61-32/h14-61H,8-13H2,1-7H3. The van der Waals surface area contributed by atoms with Crippen LogP contribution in [0, 0.1) is 0 Å². The zero-order chi connectivity index (χ0) is 43.4. The van der Waals surface area contributed by atoms with Crippen molar-refractivity contribution < 1.29 is 4.74 Å². The molecule has 17 atom stereocenters. The second-order valence-corrected chi connectivity index (χ2v) is 15.9. The lowest BCUT2D eigenvalue weighted by Gasteiger charge is -2.49. The molecule has 17 unspecified atom stereocenters. The average Bonchev–Trinajstić information content (AvgIpc) is 3.21. The third-order valence-electron chi connectivity index (χ3n) is 11.0. The van der Waals surface area contributed by atoms with Crippen molar-refractivity contribution in [3.8, 4) is 0 Å². The molecule has 7 saturated heterocycles. The third-order valence-corrected chi connectivity index (χ3v) is 11.0. The molecule has 7 rings (SSSR count). The van der Waals surface area contributed by atoms with Gasteiger partial charge in [0.25, 0.3) is 0 Å². The largest absolute Gasteiger partial charge is 0.347 e. The van der Waals surface area contributed by atoms with E-state index >= 15 is 0 Å². The number of hydrogen-bond acceptors (Lipinski definition) is 30. The molecule has 30 nitrogen and oxygen atoms in total. The maximum atomic E-state index is 6.42. The first-order valence-corrected chi connectivity index (χ1v) is 22.8. The average molecular weight is 888 g/mol. The van der Waals surface area contributed by atoms with Gasteiger partial charge in [0.05, 0.1) is 6.10 Å². The van der Waals surface area contributed by atoms with E-state index in [9.17, 15) is 0 Å². The number of rotatable bonds is 13. The van der Waals surface area contributed by atoms with Crippen LogP contribution < -0.4 is 154 Å². The van der Waals surface area contributed by atoms with Gasteiger partial charge in [0, 0.05) is 0 Å². The highest BCUT2D eigenvalue weighted by molar-refractivity contribution is 4.92. The predicted molar refractivity (Wildman–Crippen MR) is 233 cm³/mol.